The van der Waals surface area contributed by atoms with Crippen LogP contribution in [0, 0.1) is 29.2 Å². The Morgan fingerprint density at radius 1 is 0.438 bits per heavy atom. The van der Waals surface area contributed by atoms with Crippen LogP contribution in [-0.4, -0.2) is 245 Å². The SMILES string of the molecule is CC(C)[C@H]1CN2CCNc3ccn4ncc(c4n3)-c3cc(ccc3F)O[C@H](CN1)C2.C[C@H]1CN2CCNc3ccn4ncc(c4n3)-c3cc(ccc3F)OC[C@@H]2CN1.C[C@H]1CN2CCNc3ccn4ncc(c4n3)-c3cc(ccc3F)O[C@H](CN1)C2.Fc1ccc2cc1-c1cnc3ccc(nn13)NCCN1CCC[C@H]1CO2. The predicted molar refractivity (Wildman–Crippen MR) is 422 cm³/mol. The second-order valence-corrected chi connectivity index (χ2v) is 30.3. The molecule has 0 aliphatic carbocycles. The van der Waals surface area contributed by atoms with Crippen LogP contribution in [0.1, 0.15) is 40.5 Å². The van der Waals surface area contributed by atoms with Crippen molar-refractivity contribution in [3.05, 3.63) is 170 Å². The zero-order valence-corrected chi connectivity index (χ0v) is 63.1. The first kappa shape index (κ1) is 74.0. The molecule has 584 valence electrons. The number of halogens is 4. The Morgan fingerprint density at radius 3 is 1.48 bits per heavy atom. The molecule has 12 aromatic rings. The molecule has 16 heterocycles. The van der Waals surface area contributed by atoms with E-state index in [0.717, 1.165) is 141 Å². The van der Waals surface area contributed by atoms with E-state index in [-0.39, 0.29) is 41.5 Å². The minimum atomic E-state index is -0.316. The topological polar surface area (TPSA) is 255 Å². The molecule has 4 fully saturated rings. The molecule has 20 rings (SSSR count). The lowest BCUT2D eigenvalue weighted by Gasteiger charge is -2.39. The number of rotatable bonds is 1. The molecule has 8 aliphatic rings. The lowest BCUT2D eigenvalue weighted by molar-refractivity contribution is 0.0966. The van der Waals surface area contributed by atoms with Crippen LogP contribution in [0.4, 0.5) is 40.8 Å². The summed E-state index contributed by atoms with van der Waals surface area (Å²) < 4.78 is 89.8. The summed E-state index contributed by atoms with van der Waals surface area (Å²) in [4.78, 5) is 28.1. The minimum absolute atomic E-state index is 0.00525. The number of benzene rings is 4. The van der Waals surface area contributed by atoms with E-state index in [1.54, 1.807) is 91.4 Å². The second-order valence-electron chi connectivity index (χ2n) is 30.3. The maximum absolute atomic E-state index is 14.7. The molecule has 7 N–H and O–H groups in total. The highest BCUT2D eigenvalue weighted by molar-refractivity contribution is 5.81. The Hall–Kier alpha value is -10.8. The fourth-order valence-electron chi connectivity index (χ4n) is 16.0. The molecule has 0 amide bonds. The largest absolute Gasteiger partial charge is 0.492 e. The Kier molecular flexibility index (Phi) is 21.7. The Morgan fingerprint density at radius 2 is 0.911 bits per heavy atom. The van der Waals surface area contributed by atoms with Crippen LogP contribution in [0.3, 0.4) is 0 Å². The molecule has 20 bridgehead atoms. The van der Waals surface area contributed by atoms with E-state index in [2.05, 4.69) is 120 Å². The monoisotopic (exact) mass is 1530 g/mol. The van der Waals surface area contributed by atoms with Crippen molar-refractivity contribution in [3.63, 3.8) is 0 Å². The quantitative estimate of drug-likeness (QED) is 0.0755. The number of nitrogens with one attached hydrogen (secondary N) is 7. The summed E-state index contributed by atoms with van der Waals surface area (Å²) in [7, 11) is 0. The average molecular weight is 1530 g/mol. The van der Waals surface area contributed by atoms with Gasteiger partial charge in [0.2, 0.25) is 0 Å². The fourth-order valence-corrected chi connectivity index (χ4v) is 16.0. The van der Waals surface area contributed by atoms with Crippen LogP contribution in [0.2, 0.25) is 0 Å². The van der Waals surface area contributed by atoms with E-state index in [1.165, 1.54) is 30.7 Å². The third-order valence-electron chi connectivity index (χ3n) is 22.0. The molecule has 4 saturated heterocycles. The van der Waals surface area contributed by atoms with Gasteiger partial charge in [0.1, 0.15) is 95.0 Å². The zero-order chi connectivity index (χ0) is 76.3. The third-order valence-corrected chi connectivity index (χ3v) is 22.0. The molecular weight excluding hydrogens is 1440 g/mol. The maximum Gasteiger partial charge on any atom is 0.165 e. The Balaban J connectivity index is 0.000000108. The molecular formula is C81H93F4N23O4. The number of nitrogens with zero attached hydrogens (tertiary/aromatic N) is 16. The van der Waals surface area contributed by atoms with Gasteiger partial charge in [-0.2, -0.15) is 15.3 Å². The molecule has 112 heavy (non-hydrogen) atoms. The lowest BCUT2D eigenvalue weighted by Crippen LogP contribution is -2.58. The van der Waals surface area contributed by atoms with E-state index < -0.39 is 0 Å². The third kappa shape index (κ3) is 16.6. The first-order valence-electron chi connectivity index (χ1n) is 38.9. The number of fused-ring (bicyclic) bond motifs is 22. The molecule has 27 nitrogen and oxygen atoms in total. The Labute approximate surface area is 645 Å². The number of anilines is 4. The van der Waals surface area contributed by atoms with Gasteiger partial charge in [-0.15, -0.1) is 5.10 Å². The molecule has 9 atom stereocenters. The predicted octanol–water partition coefficient (Wildman–Crippen LogP) is 9.45. The highest BCUT2D eigenvalue weighted by atomic mass is 19.1. The number of ether oxygens (including phenoxy) is 4. The number of aromatic nitrogens is 12. The van der Waals surface area contributed by atoms with Gasteiger partial charge in [-0.05, 0) is 142 Å². The van der Waals surface area contributed by atoms with Crippen molar-refractivity contribution in [2.75, 3.05) is 146 Å². The van der Waals surface area contributed by atoms with Crippen LogP contribution in [0.5, 0.6) is 23.0 Å². The van der Waals surface area contributed by atoms with Gasteiger partial charge in [0.05, 0.1) is 36.5 Å². The van der Waals surface area contributed by atoms with Crippen molar-refractivity contribution >= 4 is 45.9 Å². The van der Waals surface area contributed by atoms with Gasteiger partial charge < -0.3 is 56.2 Å². The molecule has 4 aromatic carbocycles. The molecule has 31 heteroatoms. The van der Waals surface area contributed by atoms with Crippen LogP contribution >= 0.6 is 0 Å². The van der Waals surface area contributed by atoms with Crippen molar-refractivity contribution in [2.45, 2.75) is 83.0 Å². The maximum atomic E-state index is 14.7. The Bertz CT molecular complexity index is 5310. The molecule has 8 aromatic heterocycles. The highest BCUT2D eigenvalue weighted by Gasteiger charge is 2.32. The van der Waals surface area contributed by atoms with E-state index in [0.29, 0.717) is 134 Å². The first-order valence-corrected chi connectivity index (χ1v) is 38.9. The molecule has 0 spiro atoms. The van der Waals surface area contributed by atoms with Gasteiger partial charge in [-0.1, -0.05) is 13.8 Å². The summed E-state index contributed by atoms with van der Waals surface area (Å²) in [6, 6.07) is 30.9. The van der Waals surface area contributed by atoms with Gasteiger partial charge in [-0.25, -0.2) is 55.6 Å². The fraction of sp³-hybridized carbons (Fsp3) is 0.407. The summed E-state index contributed by atoms with van der Waals surface area (Å²) in [5.41, 5.74) is 6.89. The van der Waals surface area contributed by atoms with Gasteiger partial charge in [0, 0.05) is 186 Å². The van der Waals surface area contributed by atoms with E-state index >= 15 is 0 Å². The molecule has 8 aliphatic heterocycles. The van der Waals surface area contributed by atoms with Gasteiger partial charge in [0.15, 0.2) is 22.6 Å². The van der Waals surface area contributed by atoms with Crippen molar-refractivity contribution in [3.8, 4) is 67.6 Å². The van der Waals surface area contributed by atoms with Crippen LogP contribution < -0.4 is 56.2 Å². The van der Waals surface area contributed by atoms with Crippen molar-refractivity contribution < 1.29 is 36.5 Å². The van der Waals surface area contributed by atoms with Crippen LogP contribution in [0.25, 0.3) is 67.2 Å². The number of hydrogen-bond acceptors (Lipinski definition) is 23. The van der Waals surface area contributed by atoms with Crippen LogP contribution in [0.15, 0.2) is 147 Å². The minimum Gasteiger partial charge on any atom is -0.492 e. The lowest BCUT2D eigenvalue weighted by atomic mass is 10.0. The summed E-state index contributed by atoms with van der Waals surface area (Å²) in [6.07, 6.45) is 14.4. The summed E-state index contributed by atoms with van der Waals surface area (Å²) in [5.74, 6) is 4.96. The highest BCUT2D eigenvalue weighted by Crippen LogP contribution is 2.36. The van der Waals surface area contributed by atoms with Gasteiger partial charge in [0.25, 0.3) is 0 Å². The smallest absolute Gasteiger partial charge is 0.165 e. The van der Waals surface area contributed by atoms with Crippen molar-refractivity contribution in [1.82, 2.24) is 93.9 Å². The van der Waals surface area contributed by atoms with E-state index in [1.807, 2.05) is 48.9 Å². The molecule has 2 unspecified atom stereocenters. The number of piperazine rings is 1. The van der Waals surface area contributed by atoms with Crippen molar-refractivity contribution in [1.29, 1.82) is 0 Å². The number of hydrogen-bond donors (Lipinski definition) is 7. The number of imidazole rings is 1. The second kappa shape index (κ2) is 32.9. The van der Waals surface area contributed by atoms with Crippen LogP contribution in [-0.2, 0) is 0 Å². The first-order chi connectivity index (χ1) is 54.7. The normalized spacial score (nSPS) is 23.2. The molecule has 0 saturated carbocycles. The van der Waals surface area contributed by atoms with Crippen molar-refractivity contribution in [2.24, 2.45) is 5.92 Å². The van der Waals surface area contributed by atoms with E-state index in [9.17, 15) is 17.6 Å². The van der Waals surface area contributed by atoms with Gasteiger partial charge >= 0.3 is 0 Å². The summed E-state index contributed by atoms with van der Waals surface area (Å²) >= 11 is 0. The van der Waals surface area contributed by atoms with Gasteiger partial charge in [-0.3, -0.25) is 19.6 Å². The zero-order valence-electron chi connectivity index (χ0n) is 63.1. The summed E-state index contributed by atoms with van der Waals surface area (Å²) in [5, 5.41) is 41.8. The standard InChI is InChI=1S/C22H27FN6O.2C20H23FN6O.C19H20FN5O/c1-14(2)20-13-28-8-6-24-21-5-7-29-22(27-21)18(11-26-29)17-9-15(3-4-19(17)23)30-16(12-28)10-25-20;1-13-11-26-7-5-22-19-4-6-27-20(25-19)17(10-24-27)16-8-15(2-3-18(16)21)28-12-14(26)9-23-13;1-13-11-26-7-5-22-19-4-6-27-20(25-19)17(10-24-27)16-8-14(2-3-18(16)21)28-15(12-26)9-23-13;20-16-4-3-14-10-15(16)17-11-22-19-6-5-18(23-25(17)19)21-7-9-24-8-1-2-13(24)12-26-14/h3-5,7,9,11,14,16,20,25H,6,8,10,12-13H2,1-2H3,(H,24,27);2-4,6,8,10,13-14,23H,5,7,9,11-12H2,1H3,(H,22,25);2-4,6,8,10,13,15,23H,5,7,9,11-12H2,1H3,(H,22,25);3-6,10-11,13H,1-2,7-9,12H2,(H,21,23)/t16-,20-;13-,14-;13-,15+;13-/m1000/s1. The summed E-state index contributed by atoms with van der Waals surface area (Å²) in [6.45, 7) is 24.8. The molecule has 0 radical (unpaired) electrons. The van der Waals surface area contributed by atoms with E-state index in [4.69, 9.17) is 23.9 Å². The average Bonchev–Trinajstić information content (AvgIpc) is 1.63.